The Morgan fingerprint density at radius 3 is 2.58 bits per heavy atom. The van der Waals surface area contributed by atoms with Crippen molar-refractivity contribution in [2.45, 2.75) is 29.9 Å². The van der Waals surface area contributed by atoms with E-state index in [0.717, 1.165) is 5.56 Å². The van der Waals surface area contributed by atoms with Crippen LogP contribution in [-0.4, -0.2) is 32.6 Å². The van der Waals surface area contributed by atoms with Crippen molar-refractivity contribution in [2.75, 3.05) is 12.4 Å². The minimum absolute atomic E-state index is 0.0497. The van der Waals surface area contributed by atoms with Crippen LogP contribution in [0.4, 0.5) is 5.69 Å². The summed E-state index contributed by atoms with van der Waals surface area (Å²) in [7, 11) is -2.38. The molecule has 3 N–H and O–H groups in total. The highest BCUT2D eigenvalue weighted by molar-refractivity contribution is 7.89. The Morgan fingerprint density at radius 2 is 1.85 bits per heavy atom. The van der Waals surface area contributed by atoms with E-state index in [2.05, 4.69) is 10.0 Å². The molecule has 0 radical (unpaired) electrons. The molecule has 0 fully saturated rings. The second-order valence-electron chi connectivity index (χ2n) is 7.76. The molecule has 0 aliphatic heterocycles. The molecule has 1 aliphatic carbocycles. The first kappa shape index (κ1) is 23.3. The fraction of sp³-hybridized carbons (Fsp3) is 0.208. The number of ether oxygens (including phenoxy) is 1. The average molecular weight is 487 g/mol. The Labute approximate surface area is 197 Å². The standard InChI is InChI=1S/C24H23ClN2O5S/c1-32-19-4-2-3-16(13-19)24(29)26-18-9-5-15-6-12-22(28)23(21(15)14-18)27-33(30,31)20-10-7-17(25)8-11-20/h2-5,7-11,13-14,22-23,27-28H,6,12H2,1H3,(H,26,29)/t22-,23-/m1/s1. The van der Waals surface area contributed by atoms with Gasteiger partial charge >= 0.3 is 0 Å². The molecule has 0 spiro atoms. The largest absolute Gasteiger partial charge is 0.497 e. The summed E-state index contributed by atoms with van der Waals surface area (Å²) in [4.78, 5) is 12.7. The molecule has 172 valence electrons. The monoisotopic (exact) mass is 486 g/mol. The van der Waals surface area contributed by atoms with Crippen LogP contribution < -0.4 is 14.8 Å². The van der Waals surface area contributed by atoms with Crippen molar-refractivity contribution in [3.8, 4) is 5.75 Å². The molecule has 1 amide bonds. The minimum Gasteiger partial charge on any atom is -0.497 e. The average Bonchev–Trinajstić information content (AvgIpc) is 2.81. The molecule has 7 nitrogen and oxygen atoms in total. The van der Waals surface area contributed by atoms with Gasteiger partial charge in [-0.1, -0.05) is 23.7 Å². The van der Waals surface area contributed by atoms with Gasteiger partial charge < -0.3 is 15.2 Å². The molecule has 1 aliphatic rings. The Hall–Kier alpha value is -2.91. The summed E-state index contributed by atoms with van der Waals surface area (Å²) in [5, 5.41) is 13.9. The van der Waals surface area contributed by atoms with Crippen molar-refractivity contribution in [1.82, 2.24) is 4.72 Å². The normalized spacial score (nSPS) is 17.8. The van der Waals surface area contributed by atoms with Crippen LogP contribution in [0.5, 0.6) is 5.75 Å². The summed E-state index contributed by atoms with van der Waals surface area (Å²) in [5.41, 5.74) is 2.44. The zero-order chi connectivity index (χ0) is 23.6. The third-order valence-corrected chi connectivity index (χ3v) is 7.28. The quantitative estimate of drug-likeness (QED) is 0.489. The highest BCUT2D eigenvalue weighted by atomic mass is 35.5. The van der Waals surface area contributed by atoms with Crippen LogP contribution in [0, 0.1) is 0 Å². The molecule has 0 heterocycles. The number of sulfonamides is 1. The number of aryl methyl sites for hydroxylation is 1. The summed E-state index contributed by atoms with van der Waals surface area (Å²) in [6.45, 7) is 0. The Kier molecular flexibility index (Phi) is 6.71. The van der Waals surface area contributed by atoms with E-state index in [1.807, 2.05) is 6.07 Å². The van der Waals surface area contributed by atoms with Crippen LogP contribution in [0.3, 0.4) is 0 Å². The number of aliphatic hydroxyl groups excluding tert-OH is 1. The number of amides is 1. The number of hydrogen-bond donors (Lipinski definition) is 3. The van der Waals surface area contributed by atoms with E-state index in [1.165, 1.54) is 31.4 Å². The molecular formula is C24H23ClN2O5S. The van der Waals surface area contributed by atoms with Gasteiger partial charge in [-0.2, -0.15) is 0 Å². The summed E-state index contributed by atoms with van der Waals surface area (Å²) in [5.74, 6) is 0.233. The lowest BCUT2D eigenvalue weighted by atomic mass is 9.86. The van der Waals surface area contributed by atoms with E-state index in [0.29, 0.717) is 40.4 Å². The lowest BCUT2D eigenvalue weighted by Crippen LogP contribution is -2.39. The number of benzene rings is 3. The Balaban J connectivity index is 1.60. The molecule has 3 aromatic rings. The van der Waals surface area contributed by atoms with E-state index < -0.39 is 22.2 Å². The van der Waals surface area contributed by atoms with E-state index in [4.69, 9.17) is 16.3 Å². The number of anilines is 1. The van der Waals surface area contributed by atoms with Crippen molar-refractivity contribution in [3.05, 3.63) is 88.4 Å². The van der Waals surface area contributed by atoms with E-state index in [-0.39, 0.29) is 10.8 Å². The molecule has 3 aromatic carbocycles. The van der Waals surface area contributed by atoms with E-state index >= 15 is 0 Å². The zero-order valence-electron chi connectivity index (χ0n) is 17.8. The Morgan fingerprint density at radius 1 is 1.09 bits per heavy atom. The lowest BCUT2D eigenvalue weighted by Gasteiger charge is -2.31. The summed E-state index contributed by atoms with van der Waals surface area (Å²) < 4.78 is 33.6. The minimum atomic E-state index is -3.91. The van der Waals surface area contributed by atoms with Crippen LogP contribution in [0.25, 0.3) is 0 Å². The van der Waals surface area contributed by atoms with Crippen molar-refractivity contribution < 1.29 is 23.1 Å². The van der Waals surface area contributed by atoms with Crippen LogP contribution in [0.1, 0.15) is 33.9 Å². The summed E-state index contributed by atoms with van der Waals surface area (Å²) in [6.07, 6.45) is 0.0970. The highest BCUT2D eigenvalue weighted by Crippen LogP contribution is 2.33. The van der Waals surface area contributed by atoms with Crippen molar-refractivity contribution in [1.29, 1.82) is 0 Å². The highest BCUT2D eigenvalue weighted by Gasteiger charge is 2.32. The third-order valence-electron chi connectivity index (χ3n) is 5.57. The second kappa shape index (κ2) is 9.52. The van der Waals surface area contributed by atoms with Gasteiger partial charge in [-0.3, -0.25) is 4.79 Å². The fourth-order valence-corrected chi connectivity index (χ4v) is 5.20. The van der Waals surface area contributed by atoms with Crippen LogP contribution in [0.15, 0.2) is 71.6 Å². The van der Waals surface area contributed by atoms with Gasteiger partial charge in [0, 0.05) is 16.3 Å². The van der Waals surface area contributed by atoms with Crippen molar-refractivity contribution in [3.63, 3.8) is 0 Å². The molecular weight excluding hydrogens is 464 g/mol. The first-order valence-electron chi connectivity index (χ1n) is 10.3. The maximum Gasteiger partial charge on any atom is 0.255 e. The second-order valence-corrected chi connectivity index (χ2v) is 9.91. The molecule has 0 bridgehead atoms. The summed E-state index contributed by atoms with van der Waals surface area (Å²) in [6, 6.07) is 17.0. The maximum absolute atomic E-state index is 12.9. The predicted molar refractivity (Wildman–Crippen MR) is 126 cm³/mol. The number of methoxy groups -OCH3 is 1. The maximum atomic E-state index is 12.9. The lowest BCUT2D eigenvalue weighted by molar-refractivity contribution is 0.102. The van der Waals surface area contributed by atoms with Crippen LogP contribution >= 0.6 is 11.6 Å². The number of rotatable bonds is 6. The number of carbonyl (C=O) groups excluding carboxylic acids is 1. The molecule has 0 saturated heterocycles. The van der Waals surface area contributed by atoms with Gasteiger partial charge in [0.2, 0.25) is 10.0 Å². The van der Waals surface area contributed by atoms with Gasteiger partial charge in [-0.25, -0.2) is 13.1 Å². The molecule has 4 rings (SSSR count). The van der Waals surface area contributed by atoms with Crippen LogP contribution in [0.2, 0.25) is 5.02 Å². The van der Waals surface area contributed by atoms with E-state index in [1.54, 1.807) is 36.4 Å². The van der Waals surface area contributed by atoms with Gasteiger partial charge in [-0.05, 0) is 78.6 Å². The molecule has 2 atom stereocenters. The number of fused-ring (bicyclic) bond motifs is 1. The first-order valence-corrected chi connectivity index (χ1v) is 12.2. The van der Waals surface area contributed by atoms with Crippen molar-refractivity contribution in [2.24, 2.45) is 0 Å². The van der Waals surface area contributed by atoms with Gasteiger partial charge in [0.05, 0.1) is 24.2 Å². The van der Waals surface area contributed by atoms with Crippen molar-refractivity contribution >= 4 is 33.2 Å². The summed E-state index contributed by atoms with van der Waals surface area (Å²) >= 11 is 5.87. The number of nitrogens with one attached hydrogen (secondary N) is 2. The number of carbonyl (C=O) groups is 1. The molecule has 9 heteroatoms. The van der Waals surface area contributed by atoms with Crippen LogP contribution in [-0.2, 0) is 16.4 Å². The fourth-order valence-electron chi connectivity index (χ4n) is 3.83. The predicted octanol–water partition coefficient (Wildman–Crippen LogP) is 3.93. The molecule has 0 saturated carbocycles. The van der Waals surface area contributed by atoms with Gasteiger partial charge in [0.15, 0.2) is 0 Å². The Bertz CT molecular complexity index is 1280. The molecule has 0 aromatic heterocycles. The number of halogens is 1. The number of hydrogen-bond acceptors (Lipinski definition) is 5. The van der Waals surface area contributed by atoms with E-state index in [9.17, 15) is 18.3 Å². The third kappa shape index (κ3) is 5.20. The first-order chi connectivity index (χ1) is 15.8. The number of aliphatic hydroxyl groups is 1. The van der Waals surface area contributed by atoms with Gasteiger partial charge in [0.25, 0.3) is 5.91 Å². The zero-order valence-corrected chi connectivity index (χ0v) is 19.4. The molecule has 33 heavy (non-hydrogen) atoms. The molecule has 0 unspecified atom stereocenters. The SMILES string of the molecule is COc1cccc(C(=O)Nc2ccc3c(c2)[C@@H](NS(=O)(=O)c2ccc(Cl)cc2)[C@H](O)CC3)c1. The van der Waals surface area contributed by atoms with Gasteiger partial charge in [0.1, 0.15) is 5.75 Å². The smallest absolute Gasteiger partial charge is 0.255 e. The van der Waals surface area contributed by atoms with Gasteiger partial charge in [-0.15, -0.1) is 0 Å². The topological polar surface area (TPSA) is 105 Å².